The van der Waals surface area contributed by atoms with E-state index in [0.717, 1.165) is 18.6 Å². The van der Waals surface area contributed by atoms with Crippen molar-refractivity contribution in [2.75, 3.05) is 5.73 Å². The molecule has 2 N–H and O–H groups in total. The Kier molecular flexibility index (Phi) is 3.11. The molecule has 1 aliphatic rings. The molecule has 3 rings (SSSR count). The fraction of sp³-hybridized carbons (Fsp3) is 0.267. The van der Waals surface area contributed by atoms with Crippen molar-refractivity contribution in [2.24, 2.45) is 0 Å². The molecule has 1 heterocycles. The fourth-order valence-corrected chi connectivity index (χ4v) is 2.72. The number of alkyl halides is 3. The molecule has 0 radical (unpaired) electrons. The Labute approximate surface area is 118 Å². The van der Waals surface area contributed by atoms with Crippen molar-refractivity contribution < 1.29 is 17.6 Å². The molecule has 0 bridgehead atoms. The van der Waals surface area contributed by atoms with Gasteiger partial charge >= 0.3 is 6.18 Å². The predicted octanol–water partition coefficient (Wildman–Crippen LogP) is 3.98. The van der Waals surface area contributed by atoms with Gasteiger partial charge in [0.2, 0.25) is 0 Å². The van der Waals surface area contributed by atoms with Crippen molar-refractivity contribution in [1.82, 2.24) is 4.98 Å². The molecule has 0 fully saturated rings. The normalized spacial score (nSPS) is 14.3. The highest BCUT2D eigenvalue weighted by molar-refractivity contribution is 5.81. The summed E-state index contributed by atoms with van der Waals surface area (Å²) in [7, 11) is 0. The van der Waals surface area contributed by atoms with E-state index in [9.17, 15) is 17.6 Å². The quantitative estimate of drug-likeness (QED) is 0.808. The summed E-state index contributed by atoms with van der Waals surface area (Å²) in [6, 6.07) is 4.81. The van der Waals surface area contributed by atoms with Gasteiger partial charge in [0.25, 0.3) is 0 Å². The third-order valence-electron chi connectivity index (χ3n) is 3.67. The van der Waals surface area contributed by atoms with Crippen molar-refractivity contribution in [3.63, 3.8) is 0 Å². The maximum atomic E-state index is 13.3. The summed E-state index contributed by atoms with van der Waals surface area (Å²) in [6.07, 6.45) is -2.72. The Morgan fingerprint density at radius 3 is 2.33 bits per heavy atom. The first-order valence-corrected chi connectivity index (χ1v) is 6.52. The zero-order valence-electron chi connectivity index (χ0n) is 11.0. The number of hydrogen-bond donors (Lipinski definition) is 1. The Balaban J connectivity index is 2.29. The lowest BCUT2D eigenvalue weighted by molar-refractivity contribution is -0.140. The number of aryl methyl sites for hydroxylation is 1. The number of nitrogen functional groups attached to an aromatic ring is 1. The van der Waals surface area contributed by atoms with Crippen LogP contribution in [0.3, 0.4) is 0 Å². The second kappa shape index (κ2) is 4.72. The summed E-state index contributed by atoms with van der Waals surface area (Å²) >= 11 is 0. The Hall–Kier alpha value is -2.11. The number of halogens is 4. The molecule has 0 aliphatic heterocycles. The Bertz CT molecular complexity index is 690. The molecule has 0 saturated heterocycles. The van der Waals surface area contributed by atoms with E-state index in [-0.39, 0.29) is 16.8 Å². The average Bonchev–Trinajstić information content (AvgIpc) is 2.88. The van der Waals surface area contributed by atoms with Gasteiger partial charge in [-0.25, -0.2) is 9.37 Å². The molecule has 6 heteroatoms. The van der Waals surface area contributed by atoms with Crippen molar-refractivity contribution in [3.8, 4) is 11.1 Å². The summed E-state index contributed by atoms with van der Waals surface area (Å²) in [5.41, 5.74) is 6.26. The van der Waals surface area contributed by atoms with Crippen LogP contribution >= 0.6 is 0 Å². The summed E-state index contributed by atoms with van der Waals surface area (Å²) < 4.78 is 52.8. The van der Waals surface area contributed by atoms with E-state index in [2.05, 4.69) is 4.98 Å². The van der Waals surface area contributed by atoms with Crippen molar-refractivity contribution >= 4 is 5.69 Å². The smallest absolute Gasteiger partial charge is 0.398 e. The molecule has 2 aromatic rings. The van der Waals surface area contributed by atoms with Gasteiger partial charge in [-0.1, -0.05) is 12.1 Å². The number of pyridine rings is 1. The number of nitrogens with zero attached hydrogens (tertiary/aromatic N) is 1. The molecule has 110 valence electrons. The van der Waals surface area contributed by atoms with Crippen LogP contribution in [0.5, 0.6) is 0 Å². The van der Waals surface area contributed by atoms with Gasteiger partial charge in [-0.3, -0.25) is 0 Å². The lowest BCUT2D eigenvalue weighted by Crippen LogP contribution is -2.14. The Morgan fingerprint density at radius 1 is 1.05 bits per heavy atom. The zero-order valence-corrected chi connectivity index (χ0v) is 11.0. The molecule has 0 atom stereocenters. The van der Waals surface area contributed by atoms with Gasteiger partial charge in [0.1, 0.15) is 5.82 Å². The first-order valence-electron chi connectivity index (χ1n) is 6.52. The monoisotopic (exact) mass is 296 g/mol. The van der Waals surface area contributed by atoms with Crippen LogP contribution in [-0.4, -0.2) is 4.98 Å². The molecule has 1 aromatic heterocycles. The van der Waals surface area contributed by atoms with E-state index >= 15 is 0 Å². The molecule has 0 saturated carbocycles. The van der Waals surface area contributed by atoms with Gasteiger partial charge in [-0.15, -0.1) is 0 Å². The van der Waals surface area contributed by atoms with Crippen LogP contribution in [0, 0.1) is 5.82 Å². The van der Waals surface area contributed by atoms with Crippen molar-refractivity contribution in [1.29, 1.82) is 0 Å². The van der Waals surface area contributed by atoms with Gasteiger partial charge < -0.3 is 5.73 Å². The highest BCUT2D eigenvalue weighted by Gasteiger charge is 2.38. The minimum atomic E-state index is -4.60. The van der Waals surface area contributed by atoms with Crippen LogP contribution in [0.2, 0.25) is 0 Å². The number of nitrogens with two attached hydrogens (primary N) is 1. The summed E-state index contributed by atoms with van der Waals surface area (Å²) in [5.74, 6) is -0.514. The number of hydrogen-bond acceptors (Lipinski definition) is 2. The highest BCUT2D eigenvalue weighted by atomic mass is 19.4. The van der Waals surface area contributed by atoms with Crippen LogP contribution in [-0.2, 0) is 19.0 Å². The number of rotatable bonds is 1. The first-order chi connectivity index (χ1) is 9.88. The number of benzene rings is 1. The third-order valence-corrected chi connectivity index (χ3v) is 3.67. The highest BCUT2D eigenvalue weighted by Crippen LogP contribution is 2.42. The van der Waals surface area contributed by atoms with E-state index in [1.54, 1.807) is 0 Å². The molecule has 0 unspecified atom stereocenters. The molecule has 0 amide bonds. The lowest BCUT2D eigenvalue weighted by Gasteiger charge is -2.17. The second-order valence-corrected chi connectivity index (χ2v) is 5.03. The van der Waals surface area contributed by atoms with Crippen molar-refractivity contribution in [3.05, 3.63) is 47.0 Å². The molecule has 0 spiro atoms. The van der Waals surface area contributed by atoms with Crippen molar-refractivity contribution in [2.45, 2.75) is 25.4 Å². The van der Waals surface area contributed by atoms with E-state index in [0.29, 0.717) is 24.1 Å². The predicted molar refractivity (Wildman–Crippen MR) is 71.1 cm³/mol. The van der Waals surface area contributed by atoms with Gasteiger partial charge in [0.15, 0.2) is 5.69 Å². The maximum Gasteiger partial charge on any atom is 0.434 e. The summed E-state index contributed by atoms with van der Waals surface area (Å²) in [5, 5.41) is 0. The van der Waals surface area contributed by atoms with Crippen LogP contribution in [0.4, 0.5) is 23.2 Å². The third kappa shape index (κ3) is 2.34. The lowest BCUT2D eigenvalue weighted by atomic mass is 9.97. The molecular weight excluding hydrogens is 284 g/mol. The van der Waals surface area contributed by atoms with Crippen LogP contribution in [0.15, 0.2) is 24.3 Å². The first kappa shape index (κ1) is 13.9. The zero-order chi connectivity index (χ0) is 15.2. The minimum absolute atomic E-state index is 0.108. The topological polar surface area (TPSA) is 38.9 Å². The number of aromatic nitrogens is 1. The number of fused-ring (bicyclic) bond motifs is 1. The van der Waals surface area contributed by atoms with Gasteiger partial charge in [0.05, 0.1) is 0 Å². The van der Waals surface area contributed by atoms with Gasteiger partial charge in [-0.2, -0.15) is 13.2 Å². The Morgan fingerprint density at radius 2 is 1.71 bits per heavy atom. The van der Waals surface area contributed by atoms with Gasteiger partial charge in [-0.05, 0) is 42.5 Å². The molecule has 1 aromatic carbocycles. The molecule has 1 aliphatic carbocycles. The maximum absolute atomic E-state index is 13.3. The van der Waals surface area contributed by atoms with E-state index in [1.807, 2.05) is 0 Å². The fourth-order valence-electron chi connectivity index (χ4n) is 2.72. The van der Waals surface area contributed by atoms with Crippen LogP contribution < -0.4 is 5.73 Å². The molecule has 21 heavy (non-hydrogen) atoms. The minimum Gasteiger partial charge on any atom is -0.398 e. The second-order valence-electron chi connectivity index (χ2n) is 5.03. The van der Waals surface area contributed by atoms with Crippen LogP contribution in [0.1, 0.15) is 23.4 Å². The average molecular weight is 296 g/mol. The van der Waals surface area contributed by atoms with Gasteiger partial charge in [0, 0.05) is 16.9 Å². The molecule has 2 nitrogen and oxygen atoms in total. The van der Waals surface area contributed by atoms with E-state index in [4.69, 9.17) is 5.73 Å². The number of anilines is 1. The standard InChI is InChI=1S/C15H12F4N2/c16-9-6-4-8(5-7-9)12-13(20)10-2-1-3-11(10)21-14(12)15(17,18)19/h4-7H,1-3H2,(H2,20,21). The summed E-state index contributed by atoms with van der Waals surface area (Å²) in [4.78, 5) is 3.79. The molecular formula is C15H12F4N2. The van der Waals surface area contributed by atoms with E-state index < -0.39 is 17.7 Å². The largest absolute Gasteiger partial charge is 0.434 e. The SMILES string of the molecule is Nc1c2c(nc(C(F)(F)F)c1-c1ccc(F)cc1)CCC2. The summed E-state index contributed by atoms with van der Waals surface area (Å²) in [6.45, 7) is 0. The van der Waals surface area contributed by atoms with Crippen LogP contribution in [0.25, 0.3) is 11.1 Å². The van der Waals surface area contributed by atoms with E-state index in [1.165, 1.54) is 12.1 Å².